The van der Waals surface area contributed by atoms with Crippen molar-refractivity contribution in [3.63, 3.8) is 0 Å². The summed E-state index contributed by atoms with van der Waals surface area (Å²) in [6, 6.07) is 5.13. The van der Waals surface area contributed by atoms with Gasteiger partial charge in [-0.25, -0.2) is 4.21 Å². The van der Waals surface area contributed by atoms with E-state index in [2.05, 4.69) is 4.36 Å². The Kier molecular flexibility index (Phi) is 4.53. The van der Waals surface area contributed by atoms with Crippen LogP contribution in [-0.4, -0.2) is 33.6 Å². The Morgan fingerprint density at radius 2 is 1.95 bits per heavy atom. The first-order valence-corrected chi connectivity index (χ1v) is 7.09. The number of carboxylic acids is 1. The van der Waals surface area contributed by atoms with Crippen LogP contribution in [0.25, 0.3) is 0 Å². The molecular weight excluding hydrogens is 299 g/mol. The molecule has 0 aliphatic heterocycles. The van der Waals surface area contributed by atoms with E-state index in [4.69, 9.17) is 5.11 Å². The predicted molar refractivity (Wildman–Crippen MR) is 63.6 cm³/mol. The standard InChI is InChI=1S/C11H10F3NO4S/c1-20(19,15-10(18)11(12,13)14)8-4-2-3-7(5-8)6-9(16)17/h2-5H,6H2,1H3,(H,16,17). The van der Waals surface area contributed by atoms with E-state index in [0.29, 0.717) is 0 Å². The Balaban J connectivity index is 3.22. The minimum atomic E-state index is -5.20. The van der Waals surface area contributed by atoms with Gasteiger partial charge in [-0.3, -0.25) is 9.59 Å². The summed E-state index contributed by atoms with van der Waals surface area (Å²) in [7, 11) is -3.59. The van der Waals surface area contributed by atoms with Crippen molar-refractivity contribution in [2.45, 2.75) is 17.5 Å². The lowest BCUT2D eigenvalue weighted by molar-refractivity contribution is -0.169. The van der Waals surface area contributed by atoms with Gasteiger partial charge in [-0.2, -0.15) is 13.2 Å². The fourth-order valence-electron chi connectivity index (χ4n) is 1.33. The monoisotopic (exact) mass is 309 g/mol. The van der Waals surface area contributed by atoms with Crippen LogP contribution in [-0.2, 0) is 25.7 Å². The summed E-state index contributed by atoms with van der Waals surface area (Å²) in [6.07, 6.45) is -4.69. The molecule has 0 spiro atoms. The highest BCUT2D eigenvalue weighted by Crippen LogP contribution is 2.20. The van der Waals surface area contributed by atoms with E-state index in [1.54, 1.807) is 0 Å². The van der Waals surface area contributed by atoms with Gasteiger partial charge in [0.1, 0.15) is 0 Å². The Bertz CT molecular complexity index is 660. The summed E-state index contributed by atoms with van der Waals surface area (Å²) in [5, 5.41) is 8.62. The molecule has 1 rings (SSSR count). The second-order valence-electron chi connectivity index (χ2n) is 3.91. The van der Waals surface area contributed by atoms with Gasteiger partial charge in [0.15, 0.2) is 0 Å². The quantitative estimate of drug-likeness (QED) is 0.923. The van der Waals surface area contributed by atoms with Gasteiger partial charge in [0, 0.05) is 11.2 Å². The number of amides is 1. The number of hydrogen-bond acceptors (Lipinski definition) is 3. The van der Waals surface area contributed by atoms with E-state index in [1.165, 1.54) is 18.2 Å². The number of alkyl halides is 3. The normalized spacial score (nSPS) is 14.4. The van der Waals surface area contributed by atoms with E-state index >= 15 is 0 Å². The largest absolute Gasteiger partial charge is 0.481 e. The molecule has 0 radical (unpaired) electrons. The summed E-state index contributed by atoms with van der Waals surface area (Å²) in [5.41, 5.74) is 0.249. The van der Waals surface area contributed by atoms with Gasteiger partial charge in [-0.1, -0.05) is 12.1 Å². The molecule has 1 aromatic rings. The molecule has 9 heteroatoms. The third-order valence-electron chi connectivity index (χ3n) is 2.19. The highest BCUT2D eigenvalue weighted by molar-refractivity contribution is 7.93. The van der Waals surface area contributed by atoms with Crippen LogP contribution in [0.2, 0.25) is 0 Å². The fourth-order valence-corrected chi connectivity index (χ4v) is 2.55. The zero-order chi connectivity index (χ0) is 15.6. The Hall–Kier alpha value is -1.90. The maximum atomic E-state index is 12.1. The van der Waals surface area contributed by atoms with Gasteiger partial charge < -0.3 is 5.11 Å². The minimum absolute atomic E-state index is 0.131. The molecule has 1 amide bonds. The van der Waals surface area contributed by atoms with Crippen LogP contribution in [0.5, 0.6) is 0 Å². The average Bonchev–Trinajstić information content (AvgIpc) is 2.26. The van der Waals surface area contributed by atoms with Crippen molar-refractivity contribution in [2.75, 3.05) is 6.26 Å². The first kappa shape index (κ1) is 16.2. The molecule has 0 saturated carbocycles. The number of carbonyl (C=O) groups is 2. The molecule has 5 nitrogen and oxygen atoms in total. The molecule has 0 fully saturated rings. The number of carbonyl (C=O) groups excluding carboxylic acids is 1. The van der Waals surface area contributed by atoms with Crippen molar-refractivity contribution in [3.05, 3.63) is 29.8 Å². The zero-order valence-corrected chi connectivity index (χ0v) is 11.0. The van der Waals surface area contributed by atoms with Crippen molar-refractivity contribution in [2.24, 2.45) is 4.36 Å². The second-order valence-corrected chi connectivity index (χ2v) is 6.17. The summed E-state index contributed by atoms with van der Waals surface area (Å²) in [5.74, 6) is -3.58. The average molecular weight is 309 g/mol. The number of nitrogens with zero attached hydrogens (tertiary/aromatic N) is 1. The summed E-state index contributed by atoms with van der Waals surface area (Å²) < 4.78 is 51.0. The molecule has 0 aromatic heterocycles. The smallest absolute Gasteiger partial charge is 0.474 e. The number of carboxylic acid groups (broad SMARTS) is 1. The van der Waals surface area contributed by atoms with Crippen LogP contribution in [0, 0.1) is 0 Å². The van der Waals surface area contributed by atoms with Crippen LogP contribution in [0.3, 0.4) is 0 Å². The minimum Gasteiger partial charge on any atom is -0.481 e. The number of halogens is 3. The van der Waals surface area contributed by atoms with Crippen LogP contribution in [0.1, 0.15) is 5.56 Å². The van der Waals surface area contributed by atoms with Crippen molar-refractivity contribution in [1.82, 2.24) is 0 Å². The van der Waals surface area contributed by atoms with Crippen LogP contribution in [0.15, 0.2) is 33.5 Å². The van der Waals surface area contributed by atoms with Gasteiger partial charge in [-0.05, 0) is 17.7 Å². The molecular formula is C11H10F3NO4S. The van der Waals surface area contributed by atoms with Gasteiger partial charge in [0.2, 0.25) is 0 Å². The highest BCUT2D eigenvalue weighted by Gasteiger charge is 2.39. The number of aliphatic carboxylic acids is 1. The van der Waals surface area contributed by atoms with Crippen molar-refractivity contribution in [1.29, 1.82) is 0 Å². The van der Waals surface area contributed by atoms with Gasteiger partial charge in [-0.15, -0.1) is 4.36 Å². The third-order valence-corrected chi connectivity index (χ3v) is 3.83. The van der Waals surface area contributed by atoms with E-state index in [1.807, 2.05) is 0 Å². The molecule has 1 atom stereocenters. The first-order valence-electron chi connectivity index (χ1n) is 5.16. The maximum absolute atomic E-state index is 12.1. The third kappa shape index (κ3) is 4.34. The molecule has 110 valence electrons. The molecule has 0 heterocycles. The van der Waals surface area contributed by atoms with E-state index in [9.17, 15) is 27.0 Å². The van der Waals surface area contributed by atoms with Crippen molar-refractivity contribution in [3.8, 4) is 0 Å². The fraction of sp³-hybridized carbons (Fsp3) is 0.273. The summed E-state index contributed by atoms with van der Waals surface area (Å²) in [6.45, 7) is 0. The van der Waals surface area contributed by atoms with Crippen molar-refractivity contribution >= 4 is 21.6 Å². The summed E-state index contributed by atoms with van der Waals surface area (Å²) >= 11 is 0. The van der Waals surface area contributed by atoms with E-state index < -0.39 is 27.8 Å². The number of hydrogen-bond donors (Lipinski definition) is 1. The number of benzene rings is 1. The van der Waals surface area contributed by atoms with E-state index in [-0.39, 0.29) is 16.9 Å². The molecule has 0 bridgehead atoms. The predicted octanol–water partition coefficient (Wildman–Crippen LogP) is 1.86. The lowest BCUT2D eigenvalue weighted by atomic mass is 10.2. The van der Waals surface area contributed by atoms with Crippen LogP contribution >= 0.6 is 0 Å². The maximum Gasteiger partial charge on any atom is 0.474 e. The Morgan fingerprint density at radius 3 is 2.45 bits per heavy atom. The molecule has 0 aliphatic carbocycles. The van der Waals surface area contributed by atoms with Crippen LogP contribution in [0.4, 0.5) is 13.2 Å². The molecule has 1 aromatic carbocycles. The SMILES string of the molecule is CS(=O)(=NC(=O)C(F)(F)F)c1cccc(CC(=O)O)c1. The molecule has 1 unspecified atom stereocenters. The van der Waals surface area contributed by atoms with Gasteiger partial charge in [0.25, 0.3) is 0 Å². The number of rotatable bonds is 3. The second kappa shape index (κ2) is 5.61. The lowest BCUT2D eigenvalue weighted by Crippen LogP contribution is -2.21. The van der Waals surface area contributed by atoms with Crippen LogP contribution < -0.4 is 0 Å². The Morgan fingerprint density at radius 1 is 1.35 bits per heavy atom. The zero-order valence-electron chi connectivity index (χ0n) is 10.2. The topological polar surface area (TPSA) is 83.8 Å². The molecule has 0 aliphatic rings. The molecule has 1 N–H and O–H groups in total. The molecule has 0 saturated heterocycles. The van der Waals surface area contributed by atoms with Gasteiger partial charge in [0.05, 0.1) is 16.1 Å². The first-order chi connectivity index (χ1) is 9.02. The van der Waals surface area contributed by atoms with E-state index in [0.717, 1.165) is 12.3 Å². The lowest BCUT2D eigenvalue weighted by Gasteiger charge is -2.07. The highest BCUT2D eigenvalue weighted by atomic mass is 32.2. The summed E-state index contributed by atoms with van der Waals surface area (Å²) in [4.78, 5) is 21.2. The molecule has 20 heavy (non-hydrogen) atoms. The Labute approximate surface area is 112 Å². The van der Waals surface area contributed by atoms with Gasteiger partial charge >= 0.3 is 18.1 Å². The van der Waals surface area contributed by atoms with Crippen molar-refractivity contribution < 1.29 is 32.1 Å².